The van der Waals surface area contributed by atoms with Gasteiger partial charge in [-0.1, -0.05) is 17.7 Å². The molecular weight excluding hydrogens is 550 g/mol. The summed E-state index contributed by atoms with van der Waals surface area (Å²) in [5, 5.41) is 9.19. The number of nitrogens with two attached hydrogens (primary N) is 2. The lowest BCUT2D eigenvalue weighted by Crippen LogP contribution is -2.44. The van der Waals surface area contributed by atoms with Gasteiger partial charge in [-0.2, -0.15) is 0 Å². The number of nitrogens with zero attached hydrogens (tertiary/aromatic N) is 4. The van der Waals surface area contributed by atoms with E-state index in [4.69, 9.17) is 32.5 Å². The number of fused-ring (bicyclic) bond motifs is 1. The first-order valence-corrected chi connectivity index (χ1v) is 14.4. The van der Waals surface area contributed by atoms with Crippen molar-refractivity contribution in [1.82, 2.24) is 30.5 Å². The Balaban J connectivity index is 1.42. The second kappa shape index (κ2) is 12.9. The molecule has 2 aromatic heterocycles. The van der Waals surface area contributed by atoms with Crippen LogP contribution in [0.1, 0.15) is 48.9 Å². The van der Waals surface area contributed by atoms with Crippen LogP contribution in [0.25, 0.3) is 11.0 Å². The van der Waals surface area contributed by atoms with E-state index in [0.29, 0.717) is 18.8 Å². The fraction of sp³-hybridized carbons (Fsp3) is 0.519. The lowest BCUT2D eigenvalue weighted by Gasteiger charge is -2.23. The number of aryl methyl sites for hydroxylation is 1. The molecule has 7 N–H and O–H groups in total. The summed E-state index contributed by atoms with van der Waals surface area (Å²) in [7, 11) is 0. The van der Waals surface area contributed by atoms with E-state index < -0.39 is 5.91 Å². The number of anilines is 2. The van der Waals surface area contributed by atoms with Gasteiger partial charge in [-0.3, -0.25) is 9.59 Å². The Morgan fingerprint density at radius 3 is 2.76 bits per heavy atom. The van der Waals surface area contributed by atoms with E-state index in [1.807, 2.05) is 25.1 Å². The van der Waals surface area contributed by atoms with Crippen molar-refractivity contribution in [2.45, 2.75) is 64.4 Å². The average molecular weight is 587 g/mol. The number of halogens is 1. The predicted molar refractivity (Wildman–Crippen MR) is 153 cm³/mol. The van der Waals surface area contributed by atoms with Crippen molar-refractivity contribution in [2.75, 3.05) is 37.8 Å². The summed E-state index contributed by atoms with van der Waals surface area (Å²) in [6, 6.07) is 5.93. The summed E-state index contributed by atoms with van der Waals surface area (Å²) >= 11 is 5.99. The molecule has 2 aliphatic heterocycles. The third-order valence-electron chi connectivity index (χ3n) is 7.48. The molecule has 3 aromatic rings. The van der Waals surface area contributed by atoms with Gasteiger partial charge in [0.1, 0.15) is 13.1 Å². The zero-order valence-corrected chi connectivity index (χ0v) is 23.9. The van der Waals surface area contributed by atoms with E-state index in [9.17, 15) is 9.59 Å². The van der Waals surface area contributed by atoms with Crippen molar-refractivity contribution in [3.05, 3.63) is 34.9 Å². The summed E-state index contributed by atoms with van der Waals surface area (Å²) in [6.07, 6.45) is 3.79. The Bertz CT molecular complexity index is 1420. The number of piperidine rings is 1. The second-order valence-corrected chi connectivity index (χ2v) is 10.6. The number of ether oxygens (including phenoxy) is 2. The van der Waals surface area contributed by atoms with E-state index in [-0.39, 0.29) is 53.7 Å². The van der Waals surface area contributed by atoms with Gasteiger partial charge in [-0.15, -0.1) is 0 Å². The van der Waals surface area contributed by atoms with Crippen molar-refractivity contribution in [3.8, 4) is 5.75 Å². The van der Waals surface area contributed by atoms with Crippen LogP contribution in [0.5, 0.6) is 5.75 Å². The van der Waals surface area contributed by atoms with Gasteiger partial charge in [0.15, 0.2) is 40.4 Å². The van der Waals surface area contributed by atoms with Crippen LogP contribution >= 0.6 is 11.6 Å². The molecule has 0 radical (unpaired) electrons. The summed E-state index contributed by atoms with van der Waals surface area (Å²) in [6.45, 7) is 5.79. The summed E-state index contributed by atoms with van der Waals surface area (Å²) in [4.78, 5) is 33.7. The maximum atomic E-state index is 13.1. The van der Waals surface area contributed by atoms with Crippen molar-refractivity contribution in [2.24, 2.45) is 0 Å². The molecule has 2 aliphatic rings. The lowest BCUT2D eigenvalue weighted by molar-refractivity contribution is -0.676. The average Bonchev–Trinajstić information content (AvgIpc) is 3.59. The highest BCUT2D eigenvalue weighted by atomic mass is 35.5. The number of para-hydroxylation sites is 1. The highest BCUT2D eigenvalue weighted by Crippen LogP contribution is 2.27. The predicted octanol–water partition coefficient (Wildman–Crippen LogP) is 0.913. The maximum Gasteiger partial charge on any atom is 0.277 e. The van der Waals surface area contributed by atoms with Gasteiger partial charge in [0.2, 0.25) is 5.52 Å². The van der Waals surface area contributed by atoms with Gasteiger partial charge in [-0.25, -0.2) is 19.1 Å². The molecule has 220 valence electrons. The van der Waals surface area contributed by atoms with Crippen LogP contribution in [0.15, 0.2) is 18.2 Å². The molecule has 0 bridgehead atoms. The van der Waals surface area contributed by atoms with E-state index in [2.05, 4.69) is 35.1 Å². The third kappa shape index (κ3) is 6.47. The molecule has 2 saturated heterocycles. The summed E-state index contributed by atoms with van der Waals surface area (Å²) in [5.74, 6) is 0.589. The second-order valence-electron chi connectivity index (χ2n) is 10.2. The van der Waals surface area contributed by atoms with Gasteiger partial charge in [0.25, 0.3) is 17.6 Å². The van der Waals surface area contributed by atoms with Crippen molar-refractivity contribution in [3.63, 3.8) is 0 Å². The topological polar surface area (TPSA) is 175 Å². The number of aromatic nitrogens is 4. The van der Waals surface area contributed by atoms with E-state index in [1.54, 1.807) is 0 Å². The summed E-state index contributed by atoms with van der Waals surface area (Å²) < 4.78 is 16.3. The Hall–Kier alpha value is -3.68. The lowest BCUT2D eigenvalue weighted by atomic mass is 10.1. The number of carbonyl (C=O) groups excluding carboxylic acids is 2. The van der Waals surface area contributed by atoms with Gasteiger partial charge >= 0.3 is 0 Å². The van der Waals surface area contributed by atoms with Gasteiger partial charge in [-0.05, 0) is 57.8 Å². The quantitative estimate of drug-likeness (QED) is 0.216. The minimum Gasteiger partial charge on any atom is -0.479 e. The molecular formula is C27H37ClN9O4+. The minimum atomic E-state index is -0.528. The van der Waals surface area contributed by atoms with Crippen molar-refractivity contribution >= 4 is 46.1 Å². The largest absolute Gasteiger partial charge is 0.479 e. The molecule has 0 unspecified atom stereocenters. The first-order chi connectivity index (χ1) is 19.9. The van der Waals surface area contributed by atoms with Crippen LogP contribution in [-0.4, -0.2) is 64.8 Å². The third-order valence-corrected chi connectivity index (χ3v) is 7.76. The Morgan fingerprint density at radius 1 is 1.22 bits per heavy atom. The number of hydrogen-bond donors (Lipinski definition) is 5. The molecule has 13 nitrogen and oxygen atoms in total. The Labute approximate surface area is 242 Å². The number of benzene rings is 1. The first-order valence-electron chi connectivity index (χ1n) is 14.0. The number of carbonyl (C=O) groups is 2. The fourth-order valence-electron chi connectivity index (χ4n) is 5.49. The highest BCUT2D eigenvalue weighted by molar-refractivity contribution is 6.31. The zero-order valence-electron chi connectivity index (χ0n) is 23.1. The van der Waals surface area contributed by atoms with Crippen LogP contribution in [0.4, 0.5) is 11.6 Å². The molecule has 0 aliphatic carbocycles. The maximum absolute atomic E-state index is 13.1. The molecule has 4 heterocycles. The van der Waals surface area contributed by atoms with Crippen molar-refractivity contribution < 1.29 is 23.6 Å². The molecule has 2 fully saturated rings. The molecule has 5 rings (SSSR count). The number of nitrogens with one attached hydrogen (secondary N) is 3. The smallest absolute Gasteiger partial charge is 0.277 e. The SMILES string of the molecule is CC[n+]1c(CNC(=O)c2nc(Cl)c(N)nc2N)n(C[C@@H]2CCCO2)c2cccc(OCC(=O)NC3CCNCC3)c21. The number of rotatable bonds is 10. The van der Waals surface area contributed by atoms with E-state index in [0.717, 1.165) is 62.2 Å². The monoisotopic (exact) mass is 586 g/mol. The van der Waals surface area contributed by atoms with Crippen molar-refractivity contribution in [1.29, 1.82) is 0 Å². The van der Waals surface area contributed by atoms with Gasteiger partial charge < -0.3 is 36.9 Å². The molecule has 1 atom stereocenters. The molecule has 14 heteroatoms. The molecule has 0 saturated carbocycles. The van der Waals surface area contributed by atoms with Gasteiger partial charge in [0, 0.05) is 12.6 Å². The van der Waals surface area contributed by atoms with Crippen LogP contribution in [-0.2, 0) is 29.2 Å². The van der Waals surface area contributed by atoms with Crippen LogP contribution < -0.4 is 36.7 Å². The first kappa shape index (κ1) is 28.8. The normalized spacial score (nSPS) is 17.6. The van der Waals surface area contributed by atoms with Crippen LogP contribution in [0.2, 0.25) is 5.15 Å². The minimum absolute atomic E-state index is 0.0433. The van der Waals surface area contributed by atoms with Gasteiger partial charge in [0.05, 0.1) is 12.6 Å². The number of hydrogen-bond acceptors (Lipinski definition) is 9. The number of imidazole rings is 1. The zero-order chi connectivity index (χ0) is 28.9. The number of nitrogen functional groups attached to an aromatic ring is 2. The van der Waals surface area contributed by atoms with Crippen LogP contribution in [0, 0.1) is 0 Å². The molecule has 0 spiro atoms. The van der Waals surface area contributed by atoms with E-state index in [1.165, 1.54) is 0 Å². The molecule has 1 aromatic carbocycles. The Kier molecular flexibility index (Phi) is 9.06. The van der Waals surface area contributed by atoms with Crippen LogP contribution in [0.3, 0.4) is 0 Å². The highest BCUT2D eigenvalue weighted by Gasteiger charge is 2.31. The molecule has 2 amide bonds. The summed E-state index contributed by atoms with van der Waals surface area (Å²) in [5.41, 5.74) is 13.2. The van der Waals surface area contributed by atoms with E-state index >= 15 is 0 Å². The Morgan fingerprint density at radius 2 is 2.02 bits per heavy atom. The standard InChI is InChI=1S/C27H36ClN9O4/c1-2-36-21(13-32-27(39)22-25(29)35-26(30)24(28)34-22)37(14-17-5-4-12-40-17)18-6-3-7-19(23(18)36)41-15-20(38)33-16-8-10-31-11-9-16/h3,6-7,16-17,31H,2,4-5,8-15H2,1H3,(H5-,29,30,32,33,35,38,39)/p+1/t17-/m0/s1. The number of amides is 2. The fourth-order valence-corrected chi connectivity index (χ4v) is 5.61. The molecule has 41 heavy (non-hydrogen) atoms.